The number of nitrogens with two attached hydrogens (primary N) is 1. The maximum atomic E-state index is 9.72. The molecular weight excluding hydrogens is 548 g/mol. The topological polar surface area (TPSA) is 86.5 Å². The molecule has 1 aromatic heterocycles. The van der Waals surface area contributed by atoms with E-state index in [0.717, 1.165) is 38.7 Å². The Morgan fingerprint density at radius 1 is 0.733 bits per heavy atom. The van der Waals surface area contributed by atoms with Crippen molar-refractivity contribution in [1.29, 1.82) is 10.5 Å². The van der Waals surface area contributed by atoms with Crippen molar-refractivity contribution in [2.45, 2.75) is 11.8 Å². The zero-order valence-electron chi connectivity index (χ0n) is 24.5. The molecule has 4 nitrogen and oxygen atoms in total. The number of hydrogen-bond donors (Lipinski definition) is 1. The molecule has 6 aromatic rings. The van der Waals surface area contributed by atoms with Gasteiger partial charge in [0.1, 0.15) is 0 Å². The summed E-state index contributed by atoms with van der Waals surface area (Å²) in [5, 5.41) is 21.5. The molecule has 0 saturated carbocycles. The second kappa shape index (κ2) is 11.5. The number of rotatable bonds is 6. The number of pyridine rings is 1. The largest absolute Gasteiger partial charge is 0.405 e. The molecule has 2 N–H and O–H groups in total. The minimum absolute atomic E-state index is 0.529. The smallest absolute Gasteiger partial charge is 0.0992 e. The molecule has 0 aliphatic heterocycles. The van der Waals surface area contributed by atoms with Gasteiger partial charge in [-0.3, -0.25) is 4.98 Å². The van der Waals surface area contributed by atoms with Crippen LogP contribution in [-0.2, 0) is 11.8 Å². The van der Waals surface area contributed by atoms with E-state index in [1.807, 2.05) is 12.1 Å². The predicted octanol–water partition coefficient (Wildman–Crippen LogP) is 8.60. The van der Waals surface area contributed by atoms with Gasteiger partial charge in [-0.1, -0.05) is 109 Å². The van der Waals surface area contributed by atoms with Gasteiger partial charge < -0.3 is 5.73 Å². The molecule has 7 rings (SSSR count). The van der Waals surface area contributed by atoms with Gasteiger partial charge in [-0.25, -0.2) is 0 Å². The molecule has 45 heavy (non-hydrogen) atoms. The first-order valence-electron chi connectivity index (χ1n) is 14.8. The molecule has 0 radical (unpaired) electrons. The Morgan fingerprint density at radius 2 is 1.42 bits per heavy atom. The molecular formula is C41H28N4. The Balaban J connectivity index is 1.61. The highest BCUT2D eigenvalue weighted by Crippen LogP contribution is 2.59. The second-order valence-corrected chi connectivity index (χ2v) is 11.1. The van der Waals surface area contributed by atoms with Gasteiger partial charge in [0, 0.05) is 17.3 Å². The molecule has 0 unspecified atom stereocenters. The number of allylic oxidation sites excluding steroid dienone is 3. The summed E-state index contributed by atoms with van der Waals surface area (Å²) in [6.45, 7) is 0. The fraction of sp³-hybridized carbons (Fsp3) is 0.0488. The van der Waals surface area contributed by atoms with Crippen LogP contribution in [0.1, 0.15) is 33.4 Å². The highest BCUT2D eigenvalue weighted by atomic mass is 14.7. The van der Waals surface area contributed by atoms with E-state index in [1.165, 1.54) is 28.5 Å². The lowest BCUT2D eigenvalue weighted by molar-refractivity contribution is 0.768. The van der Waals surface area contributed by atoms with E-state index in [-0.39, 0.29) is 0 Å². The fourth-order valence-electron chi connectivity index (χ4n) is 6.86. The normalized spacial score (nSPS) is 13.2. The molecule has 0 fully saturated rings. The summed E-state index contributed by atoms with van der Waals surface area (Å²) in [5.74, 6) is 0. The van der Waals surface area contributed by atoms with Crippen molar-refractivity contribution in [3.05, 3.63) is 185 Å². The van der Waals surface area contributed by atoms with Crippen molar-refractivity contribution < 1.29 is 0 Å². The molecule has 0 atom stereocenters. The number of fused-ring (bicyclic) bond motifs is 5. The summed E-state index contributed by atoms with van der Waals surface area (Å²) in [5.41, 5.74) is 16.0. The molecule has 1 aliphatic carbocycles. The summed E-state index contributed by atoms with van der Waals surface area (Å²) < 4.78 is 0. The van der Waals surface area contributed by atoms with Crippen molar-refractivity contribution >= 4 is 10.8 Å². The lowest BCUT2D eigenvalue weighted by atomic mass is 9.67. The number of nitriles is 2. The third-order valence-corrected chi connectivity index (χ3v) is 8.75. The predicted molar refractivity (Wildman–Crippen MR) is 180 cm³/mol. The van der Waals surface area contributed by atoms with Crippen molar-refractivity contribution in [2.75, 3.05) is 0 Å². The van der Waals surface area contributed by atoms with Crippen molar-refractivity contribution in [2.24, 2.45) is 5.73 Å². The van der Waals surface area contributed by atoms with E-state index >= 15 is 0 Å². The van der Waals surface area contributed by atoms with Crippen molar-refractivity contribution in [3.8, 4) is 34.5 Å². The van der Waals surface area contributed by atoms with Crippen LogP contribution in [0.5, 0.6) is 0 Å². The molecule has 0 amide bonds. The number of nitrogens with zero attached hydrogens (tertiary/aromatic N) is 3. The Labute approximate surface area is 262 Å². The SMILES string of the molecule is N#CC(/C=C\N)=C/Cc1ccc2c(c1)C(c1ccccc1)(c1ccccc1)c1cc(-c3cc(C#N)ccn3)c3ccccc3c1-2. The van der Waals surface area contributed by atoms with Crippen LogP contribution in [0.15, 0.2) is 151 Å². The molecule has 1 aliphatic rings. The average Bonchev–Trinajstić information content (AvgIpc) is 3.41. The minimum Gasteiger partial charge on any atom is -0.405 e. The first-order chi connectivity index (χ1) is 22.2. The summed E-state index contributed by atoms with van der Waals surface area (Å²) in [6, 6.07) is 46.9. The van der Waals surface area contributed by atoms with Crippen LogP contribution in [0.4, 0.5) is 0 Å². The third-order valence-electron chi connectivity index (χ3n) is 8.75. The molecule has 0 spiro atoms. The van der Waals surface area contributed by atoms with E-state index in [4.69, 9.17) is 10.7 Å². The first-order valence-corrected chi connectivity index (χ1v) is 14.8. The summed E-state index contributed by atoms with van der Waals surface area (Å²) >= 11 is 0. The van der Waals surface area contributed by atoms with Gasteiger partial charge in [-0.2, -0.15) is 10.5 Å². The van der Waals surface area contributed by atoms with E-state index in [1.54, 1.807) is 18.3 Å². The molecule has 212 valence electrons. The Bertz CT molecular complexity index is 2180. The maximum absolute atomic E-state index is 9.72. The number of benzene rings is 5. The van der Waals surface area contributed by atoms with Gasteiger partial charge in [-0.15, -0.1) is 0 Å². The van der Waals surface area contributed by atoms with Crippen LogP contribution >= 0.6 is 0 Å². The van der Waals surface area contributed by atoms with Crippen LogP contribution in [-0.4, -0.2) is 4.98 Å². The summed E-state index contributed by atoms with van der Waals surface area (Å²) in [4.78, 5) is 4.76. The molecule has 1 heterocycles. The highest BCUT2D eigenvalue weighted by molar-refractivity contribution is 6.09. The van der Waals surface area contributed by atoms with Gasteiger partial charge >= 0.3 is 0 Å². The van der Waals surface area contributed by atoms with E-state index in [2.05, 4.69) is 121 Å². The van der Waals surface area contributed by atoms with Crippen LogP contribution in [0.2, 0.25) is 0 Å². The highest BCUT2D eigenvalue weighted by Gasteiger charge is 2.47. The first kappa shape index (κ1) is 27.6. The molecule has 4 heteroatoms. The quantitative estimate of drug-likeness (QED) is 0.159. The number of hydrogen-bond acceptors (Lipinski definition) is 4. The molecule has 0 bridgehead atoms. The van der Waals surface area contributed by atoms with Crippen LogP contribution in [0, 0.1) is 22.7 Å². The second-order valence-electron chi connectivity index (χ2n) is 11.1. The molecule has 5 aromatic carbocycles. The van der Waals surface area contributed by atoms with E-state index in [9.17, 15) is 10.5 Å². The minimum atomic E-state index is -0.631. The van der Waals surface area contributed by atoms with Crippen LogP contribution < -0.4 is 5.73 Å². The average molecular weight is 577 g/mol. The zero-order valence-corrected chi connectivity index (χ0v) is 24.5. The van der Waals surface area contributed by atoms with E-state index < -0.39 is 5.41 Å². The van der Waals surface area contributed by atoms with Gasteiger partial charge in [0.15, 0.2) is 0 Å². The van der Waals surface area contributed by atoms with Crippen LogP contribution in [0.25, 0.3) is 33.2 Å². The monoisotopic (exact) mass is 576 g/mol. The maximum Gasteiger partial charge on any atom is 0.0992 e. The van der Waals surface area contributed by atoms with Crippen LogP contribution in [0.3, 0.4) is 0 Å². The Hall–Kier alpha value is -6.23. The third kappa shape index (κ3) is 4.49. The summed E-state index contributed by atoms with van der Waals surface area (Å²) in [7, 11) is 0. The standard InChI is InChI=1S/C41H28N4/c42-21-19-29(26-43)16-15-28-17-18-35-37(23-28)41(31-9-3-1-4-10-31,32-11-5-2-6-12-32)38-25-36(39-24-30(27-44)20-22-45-39)33-13-7-8-14-34(33)40(35)38/h1-14,16-25H,15,42H2/b21-19-,29-16+. The number of aromatic nitrogens is 1. The Kier molecular flexibility index (Phi) is 7.02. The van der Waals surface area contributed by atoms with Gasteiger partial charge in [-0.05, 0) is 86.6 Å². The van der Waals surface area contributed by atoms with E-state index in [0.29, 0.717) is 17.6 Å². The zero-order chi connectivity index (χ0) is 30.8. The summed E-state index contributed by atoms with van der Waals surface area (Å²) in [6.07, 6.45) is 7.24. The lowest BCUT2D eigenvalue weighted by Gasteiger charge is -2.34. The van der Waals surface area contributed by atoms with Crippen molar-refractivity contribution in [1.82, 2.24) is 4.98 Å². The van der Waals surface area contributed by atoms with Gasteiger partial charge in [0.25, 0.3) is 0 Å². The van der Waals surface area contributed by atoms with Gasteiger partial charge in [0.2, 0.25) is 0 Å². The Morgan fingerprint density at radius 3 is 2.09 bits per heavy atom. The fourth-order valence-corrected chi connectivity index (χ4v) is 6.86. The molecule has 0 saturated heterocycles. The lowest BCUT2D eigenvalue weighted by Crippen LogP contribution is -2.28. The van der Waals surface area contributed by atoms with Crippen molar-refractivity contribution in [3.63, 3.8) is 0 Å². The van der Waals surface area contributed by atoms with Gasteiger partial charge in [0.05, 0.1) is 28.8 Å².